The Bertz CT molecular complexity index is 611. The Morgan fingerprint density at radius 3 is 2.68 bits per heavy atom. The number of carbonyl (C=O) groups excluding carboxylic acids is 1. The second kappa shape index (κ2) is 5.02. The van der Waals surface area contributed by atoms with Crippen molar-refractivity contribution in [3.8, 4) is 0 Å². The van der Waals surface area contributed by atoms with Crippen LogP contribution >= 0.6 is 11.6 Å². The van der Waals surface area contributed by atoms with Crippen LogP contribution in [-0.4, -0.2) is 38.1 Å². The van der Waals surface area contributed by atoms with Gasteiger partial charge in [-0.05, 0) is 31.0 Å². The SMILES string of the molecule is CN(C(=O)CS(=O)(=O)c1cc(Cl)ccc1N)C1CC1. The first-order chi connectivity index (χ1) is 8.81. The molecule has 0 unspecified atom stereocenters. The van der Waals surface area contributed by atoms with Crippen LogP contribution in [-0.2, 0) is 14.6 Å². The number of hydrogen-bond donors (Lipinski definition) is 1. The van der Waals surface area contributed by atoms with Gasteiger partial charge in [-0.2, -0.15) is 0 Å². The predicted octanol–water partition coefficient (Wildman–Crippen LogP) is 1.32. The quantitative estimate of drug-likeness (QED) is 0.851. The van der Waals surface area contributed by atoms with Crippen LogP contribution in [0.15, 0.2) is 23.1 Å². The standard InChI is InChI=1S/C12H15ClN2O3S/c1-15(9-3-4-9)12(16)7-19(17,18)11-6-8(13)2-5-10(11)14/h2,5-6,9H,3-4,7,14H2,1H3. The van der Waals surface area contributed by atoms with Crippen molar-refractivity contribution in [2.75, 3.05) is 18.5 Å². The Hall–Kier alpha value is -1.27. The van der Waals surface area contributed by atoms with E-state index in [2.05, 4.69) is 0 Å². The summed E-state index contributed by atoms with van der Waals surface area (Å²) in [5.41, 5.74) is 5.74. The zero-order valence-electron chi connectivity index (χ0n) is 10.5. The maximum Gasteiger partial charge on any atom is 0.238 e. The first-order valence-corrected chi connectivity index (χ1v) is 7.88. The molecule has 1 amide bonds. The molecular formula is C12H15ClN2O3S. The highest BCUT2D eigenvalue weighted by molar-refractivity contribution is 7.92. The van der Waals surface area contributed by atoms with Crippen LogP contribution in [0.2, 0.25) is 5.02 Å². The molecule has 7 heteroatoms. The molecule has 1 saturated carbocycles. The van der Waals surface area contributed by atoms with Gasteiger partial charge in [0.2, 0.25) is 5.91 Å². The Labute approximate surface area is 117 Å². The highest BCUT2D eigenvalue weighted by atomic mass is 35.5. The summed E-state index contributed by atoms with van der Waals surface area (Å²) >= 11 is 5.77. The molecule has 0 saturated heterocycles. The van der Waals surface area contributed by atoms with Gasteiger partial charge in [0, 0.05) is 18.1 Å². The third-order valence-corrected chi connectivity index (χ3v) is 5.00. The summed E-state index contributed by atoms with van der Waals surface area (Å²) < 4.78 is 24.4. The number of benzene rings is 1. The lowest BCUT2D eigenvalue weighted by molar-refractivity contribution is -0.127. The van der Waals surface area contributed by atoms with Gasteiger partial charge in [-0.1, -0.05) is 11.6 Å². The summed E-state index contributed by atoms with van der Waals surface area (Å²) in [5, 5.41) is 0.274. The molecule has 0 bridgehead atoms. The van der Waals surface area contributed by atoms with Gasteiger partial charge in [-0.25, -0.2) is 8.42 Å². The zero-order valence-corrected chi connectivity index (χ0v) is 12.0. The molecule has 1 aliphatic rings. The van der Waals surface area contributed by atoms with E-state index in [4.69, 9.17) is 17.3 Å². The largest absolute Gasteiger partial charge is 0.398 e. The van der Waals surface area contributed by atoms with E-state index >= 15 is 0 Å². The van der Waals surface area contributed by atoms with Gasteiger partial charge >= 0.3 is 0 Å². The molecule has 5 nitrogen and oxygen atoms in total. The second-order valence-corrected chi connectivity index (χ2v) is 7.07. The summed E-state index contributed by atoms with van der Waals surface area (Å²) in [6.07, 6.45) is 1.86. The Morgan fingerprint density at radius 2 is 2.11 bits per heavy atom. The van der Waals surface area contributed by atoms with Gasteiger partial charge in [0.25, 0.3) is 0 Å². The van der Waals surface area contributed by atoms with Gasteiger partial charge < -0.3 is 10.6 Å². The van der Waals surface area contributed by atoms with Gasteiger partial charge in [0.1, 0.15) is 5.75 Å². The van der Waals surface area contributed by atoms with Crippen molar-refractivity contribution < 1.29 is 13.2 Å². The van der Waals surface area contributed by atoms with Crippen LogP contribution in [0.4, 0.5) is 5.69 Å². The van der Waals surface area contributed by atoms with E-state index in [-0.39, 0.29) is 21.6 Å². The molecule has 2 N–H and O–H groups in total. The first kappa shape index (κ1) is 14.1. The molecule has 1 aromatic carbocycles. The van der Waals surface area contributed by atoms with E-state index in [1.807, 2.05) is 0 Å². The molecule has 2 rings (SSSR count). The predicted molar refractivity (Wildman–Crippen MR) is 73.7 cm³/mol. The number of sulfone groups is 1. The number of hydrogen-bond acceptors (Lipinski definition) is 4. The van der Waals surface area contributed by atoms with E-state index in [9.17, 15) is 13.2 Å². The first-order valence-electron chi connectivity index (χ1n) is 5.85. The molecule has 19 heavy (non-hydrogen) atoms. The number of anilines is 1. The third-order valence-electron chi connectivity index (χ3n) is 3.11. The van der Waals surface area contributed by atoms with Crippen LogP contribution in [0.1, 0.15) is 12.8 Å². The average Bonchev–Trinajstić information content (AvgIpc) is 3.14. The van der Waals surface area contributed by atoms with E-state index < -0.39 is 21.5 Å². The number of nitrogen functional groups attached to an aromatic ring is 1. The van der Waals surface area contributed by atoms with Crippen LogP contribution < -0.4 is 5.73 Å². The van der Waals surface area contributed by atoms with Crippen molar-refractivity contribution in [1.82, 2.24) is 4.90 Å². The van der Waals surface area contributed by atoms with Crippen LogP contribution in [0.3, 0.4) is 0 Å². The Balaban J connectivity index is 2.22. The lowest BCUT2D eigenvalue weighted by atomic mass is 10.3. The van der Waals surface area contributed by atoms with Gasteiger partial charge in [-0.3, -0.25) is 4.79 Å². The fourth-order valence-electron chi connectivity index (χ4n) is 1.79. The normalized spacial score (nSPS) is 15.3. The number of carbonyl (C=O) groups is 1. The Morgan fingerprint density at radius 1 is 1.47 bits per heavy atom. The number of amides is 1. The van der Waals surface area contributed by atoms with Crippen molar-refractivity contribution in [1.29, 1.82) is 0 Å². The summed E-state index contributed by atoms with van der Waals surface area (Å²) in [4.78, 5) is 13.3. The molecule has 104 valence electrons. The van der Waals surface area contributed by atoms with Crippen molar-refractivity contribution in [3.63, 3.8) is 0 Å². The Kier molecular flexibility index (Phi) is 3.73. The zero-order chi connectivity index (χ0) is 14.2. The maximum atomic E-state index is 12.2. The monoisotopic (exact) mass is 302 g/mol. The summed E-state index contributed by atoms with van der Waals surface area (Å²) in [7, 11) is -2.14. The van der Waals surface area contributed by atoms with Crippen molar-refractivity contribution in [2.45, 2.75) is 23.8 Å². The molecular weight excluding hydrogens is 288 g/mol. The molecule has 0 spiro atoms. The van der Waals surface area contributed by atoms with E-state index in [1.54, 1.807) is 7.05 Å². The molecule has 0 radical (unpaired) electrons. The van der Waals surface area contributed by atoms with Crippen LogP contribution in [0.5, 0.6) is 0 Å². The van der Waals surface area contributed by atoms with E-state index in [0.29, 0.717) is 0 Å². The lowest BCUT2D eigenvalue weighted by Crippen LogP contribution is -2.34. The molecule has 0 heterocycles. The average molecular weight is 303 g/mol. The molecule has 0 atom stereocenters. The molecule has 1 aliphatic carbocycles. The van der Waals surface area contributed by atoms with Gasteiger partial charge in [0.05, 0.1) is 10.6 Å². The minimum Gasteiger partial charge on any atom is -0.398 e. The second-order valence-electron chi connectivity index (χ2n) is 4.68. The molecule has 1 fully saturated rings. The maximum absolute atomic E-state index is 12.2. The lowest BCUT2D eigenvalue weighted by Gasteiger charge is -2.16. The minimum absolute atomic E-state index is 0.0856. The van der Waals surface area contributed by atoms with Gasteiger partial charge in [-0.15, -0.1) is 0 Å². The van der Waals surface area contributed by atoms with Gasteiger partial charge in [0.15, 0.2) is 9.84 Å². The highest BCUT2D eigenvalue weighted by Gasteiger charge is 2.32. The number of halogens is 1. The minimum atomic E-state index is -3.76. The van der Waals surface area contributed by atoms with Crippen molar-refractivity contribution in [2.24, 2.45) is 0 Å². The number of nitrogens with zero attached hydrogens (tertiary/aromatic N) is 1. The van der Waals surface area contributed by atoms with E-state index in [0.717, 1.165) is 12.8 Å². The summed E-state index contributed by atoms with van der Waals surface area (Å²) in [6.45, 7) is 0. The van der Waals surface area contributed by atoms with Crippen LogP contribution in [0, 0.1) is 0 Å². The highest BCUT2D eigenvalue weighted by Crippen LogP contribution is 2.27. The van der Waals surface area contributed by atoms with Crippen LogP contribution in [0.25, 0.3) is 0 Å². The summed E-state index contributed by atoms with van der Waals surface area (Å²) in [6, 6.07) is 4.38. The number of nitrogens with two attached hydrogens (primary N) is 1. The molecule has 1 aromatic rings. The fraction of sp³-hybridized carbons (Fsp3) is 0.417. The molecule has 0 aliphatic heterocycles. The third kappa shape index (κ3) is 3.19. The fourth-order valence-corrected chi connectivity index (χ4v) is 3.44. The number of rotatable bonds is 4. The van der Waals surface area contributed by atoms with Crippen molar-refractivity contribution >= 4 is 33.0 Å². The topological polar surface area (TPSA) is 80.5 Å². The summed E-state index contributed by atoms with van der Waals surface area (Å²) in [5.74, 6) is -0.994. The van der Waals surface area contributed by atoms with Crippen molar-refractivity contribution in [3.05, 3.63) is 23.2 Å². The smallest absolute Gasteiger partial charge is 0.238 e. The van der Waals surface area contributed by atoms with E-state index in [1.165, 1.54) is 23.1 Å². The molecule has 0 aromatic heterocycles.